The average Bonchev–Trinajstić information content (AvgIpc) is 3.34. The highest BCUT2D eigenvalue weighted by molar-refractivity contribution is 6.01. The van der Waals surface area contributed by atoms with Gasteiger partial charge in [0.05, 0.1) is 19.6 Å². The Labute approximate surface area is 188 Å². The van der Waals surface area contributed by atoms with E-state index in [0.29, 0.717) is 41.3 Å². The van der Waals surface area contributed by atoms with Gasteiger partial charge in [-0.1, -0.05) is 26.0 Å². The molecule has 0 bridgehead atoms. The summed E-state index contributed by atoms with van der Waals surface area (Å²) in [6.45, 7) is 3.11. The fraction of sp³-hybridized carbons (Fsp3) is 0.458. The first-order valence-corrected chi connectivity index (χ1v) is 10.8. The van der Waals surface area contributed by atoms with E-state index in [4.69, 9.17) is 4.74 Å². The highest BCUT2D eigenvalue weighted by Gasteiger charge is 2.71. The third kappa shape index (κ3) is 3.05. The van der Waals surface area contributed by atoms with E-state index in [1.54, 1.807) is 38.1 Å². The molecule has 2 aromatic rings. The first-order chi connectivity index (χ1) is 15.4. The Morgan fingerprint density at radius 2 is 1.91 bits per heavy atom. The van der Waals surface area contributed by atoms with E-state index >= 15 is 0 Å². The molecule has 0 aromatic heterocycles. The van der Waals surface area contributed by atoms with Crippen LogP contribution >= 0.6 is 0 Å². The third-order valence-corrected chi connectivity index (χ3v) is 7.17. The summed E-state index contributed by atoms with van der Waals surface area (Å²) >= 11 is 0. The number of carbonyl (C=O) groups excluding carboxylic acids is 1. The number of halogens is 3. The van der Waals surface area contributed by atoms with Gasteiger partial charge in [0.25, 0.3) is 0 Å². The van der Waals surface area contributed by atoms with Crippen molar-refractivity contribution in [1.29, 1.82) is 0 Å². The highest BCUT2D eigenvalue weighted by atomic mass is 19.4. The number of hydrogen-bond acceptors (Lipinski definition) is 5. The summed E-state index contributed by atoms with van der Waals surface area (Å²) < 4.78 is 48.8. The SMILES string of the molecule is CC1(C)CC(O)(C(F)(F)F)C(O)(CNc2cccc3c2CC(=O)N3)c2ccc3c(c21)CCO3. The molecule has 5 rings (SSSR count). The zero-order valence-electron chi connectivity index (χ0n) is 18.3. The van der Waals surface area contributed by atoms with Crippen LogP contribution in [0.15, 0.2) is 30.3 Å². The van der Waals surface area contributed by atoms with Crippen LogP contribution in [-0.4, -0.2) is 41.0 Å². The van der Waals surface area contributed by atoms with Crippen LogP contribution in [0.2, 0.25) is 0 Å². The van der Waals surface area contributed by atoms with Crippen LogP contribution in [-0.2, 0) is 28.7 Å². The molecule has 2 atom stereocenters. The molecule has 33 heavy (non-hydrogen) atoms. The molecule has 176 valence electrons. The smallest absolute Gasteiger partial charge is 0.420 e. The van der Waals surface area contributed by atoms with Crippen molar-refractivity contribution in [2.45, 2.75) is 55.9 Å². The molecular formula is C24H25F3N2O4. The van der Waals surface area contributed by atoms with Crippen molar-refractivity contribution in [3.05, 3.63) is 52.6 Å². The normalized spacial score (nSPS) is 27.3. The van der Waals surface area contributed by atoms with E-state index in [0.717, 1.165) is 5.56 Å². The fourth-order valence-corrected chi connectivity index (χ4v) is 5.70. The molecule has 2 heterocycles. The van der Waals surface area contributed by atoms with Gasteiger partial charge < -0.3 is 25.6 Å². The lowest BCUT2D eigenvalue weighted by molar-refractivity contribution is -0.330. The van der Waals surface area contributed by atoms with Crippen molar-refractivity contribution in [1.82, 2.24) is 0 Å². The monoisotopic (exact) mass is 462 g/mol. The van der Waals surface area contributed by atoms with Crippen molar-refractivity contribution in [2.75, 3.05) is 23.8 Å². The Bertz CT molecular complexity index is 1160. The zero-order valence-corrected chi connectivity index (χ0v) is 18.3. The molecule has 6 nitrogen and oxygen atoms in total. The summed E-state index contributed by atoms with van der Waals surface area (Å²) in [7, 11) is 0. The number of aliphatic hydroxyl groups is 2. The Kier molecular flexibility index (Phi) is 4.58. The molecule has 1 amide bonds. The molecular weight excluding hydrogens is 437 g/mol. The van der Waals surface area contributed by atoms with Gasteiger partial charge in [-0.3, -0.25) is 4.79 Å². The van der Waals surface area contributed by atoms with E-state index < -0.39 is 35.8 Å². The molecule has 0 saturated carbocycles. The number of anilines is 2. The molecule has 1 aliphatic carbocycles. The number of amides is 1. The number of alkyl halides is 3. The number of benzene rings is 2. The summed E-state index contributed by atoms with van der Waals surface area (Å²) in [5.41, 5.74) is -4.12. The van der Waals surface area contributed by atoms with Crippen molar-refractivity contribution in [2.24, 2.45) is 0 Å². The number of carbonyl (C=O) groups is 1. The number of fused-ring (bicyclic) bond motifs is 4. The molecule has 0 spiro atoms. The number of hydrogen-bond donors (Lipinski definition) is 4. The van der Waals surface area contributed by atoms with Crippen LogP contribution in [0.25, 0.3) is 0 Å². The molecule has 4 N–H and O–H groups in total. The molecule has 0 fully saturated rings. The summed E-state index contributed by atoms with van der Waals surface area (Å²) in [5, 5.41) is 28.5. The quantitative estimate of drug-likeness (QED) is 0.562. The van der Waals surface area contributed by atoms with E-state index in [9.17, 15) is 28.2 Å². The summed E-state index contributed by atoms with van der Waals surface area (Å²) in [5.74, 6) is 0.380. The Hall–Kier alpha value is -2.78. The van der Waals surface area contributed by atoms with Gasteiger partial charge in [0.1, 0.15) is 11.4 Å². The topological polar surface area (TPSA) is 90.8 Å². The first-order valence-electron chi connectivity index (χ1n) is 10.8. The summed E-state index contributed by atoms with van der Waals surface area (Å²) in [6, 6.07) is 7.99. The first kappa shape index (κ1) is 22.0. The van der Waals surface area contributed by atoms with Gasteiger partial charge in [0, 0.05) is 28.9 Å². The lowest BCUT2D eigenvalue weighted by Gasteiger charge is -2.53. The lowest BCUT2D eigenvalue weighted by atomic mass is 9.57. The van der Waals surface area contributed by atoms with Gasteiger partial charge >= 0.3 is 6.18 Å². The Morgan fingerprint density at radius 3 is 2.64 bits per heavy atom. The molecule has 0 saturated heterocycles. The maximum atomic E-state index is 14.4. The van der Waals surface area contributed by atoms with Crippen molar-refractivity contribution in [3.63, 3.8) is 0 Å². The van der Waals surface area contributed by atoms with Gasteiger partial charge in [0.2, 0.25) is 5.91 Å². The molecule has 2 unspecified atom stereocenters. The Balaban J connectivity index is 1.64. The van der Waals surface area contributed by atoms with Crippen LogP contribution in [0.1, 0.15) is 42.5 Å². The van der Waals surface area contributed by atoms with Crippen molar-refractivity contribution >= 4 is 17.3 Å². The second kappa shape index (κ2) is 6.87. The van der Waals surface area contributed by atoms with Crippen LogP contribution < -0.4 is 15.4 Å². The highest BCUT2D eigenvalue weighted by Crippen LogP contribution is 2.58. The van der Waals surface area contributed by atoms with E-state index in [1.807, 2.05) is 0 Å². The van der Waals surface area contributed by atoms with E-state index in [-0.39, 0.29) is 17.9 Å². The third-order valence-electron chi connectivity index (χ3n) is 7.17. The van der Waals surface area contributed by atoms with Crippen LogP contribution in [0.3, 0.4) is 0 Å². The van der Waals surface area contributed by atoms with Crippen LogP contribution in [0, 0.1) is 0 Å². The lowest BCUT2D eigenvalue weighted by Crippen LogP contribution is -2.68. The maximum absolute atomic E-state index is 14.4. The van der Waals surface area contributed by atoms with E-state index in [1.165, 1.54) is 6.07 Å². The van der Waals surface area contributed by atoms with Gasteiger partial charge in [-0.25, -0.2) is 0 Å². The molecule has 9 heteroatoms. The summed E-state index contributed by atoms with van der Waals surface area (Å²) in [6.07, 6.45) is -5.20. The van der Waals surface area contributed by atoms with Gasteiger partial charge in [-0.15, -0.1) is 0 Å². The minimum Gasteiger partial charge on any atom is -0.493 e. The van der Waals surface area contributed by atoms with E-state index in [2.05, 4.69) is 10.6 Å². The standard InChI is InChI=1S/C24H25F3N2O4/c1-21(2)11-23(32,24(25,26)27)22(31,15-6-7-18-13(20(15)21)8-9-33-18)12-28-16-4-3-5-17-14(16)10-19(30)29-17/h3-7,28,31-32H,8-12H2,1-2H3,(H,29,30). The maximum Gasteiger partial charge on any atom is 0.420 e. The minimum atomic E-state index is -5.09. The predicted octanol–water partition coefficient (Wildman–Crippen LogP) is 3.39. The van der Waals surface area contributed by atoms with Crippen molar-refractivity contribution in [3.8, 4) is 5.75 Å². The van der Waals surface area contributed by atoms with Gasteiger partial charge in [0.15, 0.2) is 5.60 Å². The second-order valence-electron chi connectivity index (χ2n) is 9.75. The second-order valence-corrected chi connectivity index (χ2v) is 9.75. The number of nitrogens with one attached hydrogen (secondary N) is 2. The van der Waals surface area contributed by atoms with Gasteiger partial charge in [-0.2, -0.15) is 13.2 Å². The van der Waals surface area contributed by atoms with Gasteiger partial charge in [-0.05, 0) is 41.2 Å². The Morgan fingerprint density at radius 1 is 1.15 bits per heavy atom. The molecule has 0 radical (unpaired) electrons. The largest absolute Gasteiger partial charge is 0.493 e. The predicted molar refractivity (Wildman–Crippen MR) is 115 cm³/mol. The fourth-order valence-electron chi connectivity index (χ4n) is 5.70. The minimum absolute atomic E-state index is 0.0390. The zero-order chi connectivity index (χ0) is 23.8. The number of ether oxygens (including phenoxy) is 1. The molecule has 2 aromatic carbocycles. The average molecular weight is 462 g/mol. The molecule has 3 aliphatic rings. The van der Waals surface area contributed by atoms with Crippen LogP contribution in [0.5, 0.6) is 5.75 Å². The number of rotatable bonds is 3. The van der Waals surface area contributed by atoms with Crippen LogP contribution in [0.4, 0.5) is 24.5 Å². The summed E-state index contributed by atoms with van der Waals surface area (Å²) in [4.78, 5) is 11.8. The van der Waals surface area contributed by atoms with Crippen molar-refractivity contribution < 1.29 is 32.9 Å². The molecule has 2 aliphatic heterocycles.